The predicted octanol–water partition coefficient (Wildman–Crippen LogP) is 8.04. The van der Waals surface area contributed by atoms with E-state index in [2.05, 4.69) is 38.2 Å². The molecule has 134 valence electrons. The molecular formula is C20H32Cl2SiZr. The van der Waals surface area contributed by atoms with E-state index >= 15 is 0 Å². The van der Waals surface area contributed by atoms with Crippen molar-refractivity contribution in [1.82, 2.24) is 0 Å². The van der Waals surface area contributed by atoms with Crippen molar-refractivity contribution in [3.8, 4) is 0 Å². The minimum Gasteiger partial charge on any atom is -0.146 e. The summed E-state index contributed by atoms with van der Waals surface area (Å²) in [6.45, 7) is 6.64. The topological polar surface area (TPSA) is 0 Å². The first-order valence-electron chi connectivity index (χ1n) is 9.27. The van der Waals surface area contributed by atoms with E-state index in [1.54, 1.807) is 11.1 Å². The Balaban J connectivity index is 0.000000505. The third kappa shape index (κ3) is 9.95. The van der Waals surface area contributed by atoms with Crippen LogP contribution >= 0.6 is 22.2 Å². The summed E-state index contributed by atoms with van der Waals surface area (Å²) in [5.74, 6) is 0. The van der Waals surface area contributed by atoms with Gasteiger partial charge in [0.1, 0.15) is 0 Å². The maximum absolute atomic E-state index is 5.43. The van der Waals surface area contributed by atoms with Crippen LogP contribution in [0.25, 0.3) is 0 Å². The fourth-order valence-electron chi connectivity index (χ4n) is 2.75. The van der Waals surface area contributed by atoms with Crippen molar-refractivity contribution in [3.63, 3.8) is 0 Å². The fourth-order valence-corrected chi connectivity index (χ4v) is 6.54. The zero-order chi connectivity index (χ0) is 18.0. The van der Waals surface area contributed by atoms with Gasteiger partial charge in [0.15, 0.2) is 0 Å². The van der Waals surface area contributed by atoms with Gasteiger partial charge in [-0.05, 0) is 13.1 Å². The number of hydrogen-bond acceptors (Lipinski definition) is 0. The first-order valence-corrected chi connectivity index (χ1v) is 16.7. The molecule has 0 N–H and O–H groups in total. The standard InChI is InChI=1S/2C9H13.C2H6Cl2Si.Zr/c2*1-2-3-6-9-7-4-5-8-9;1-5(2,3)4;/h2*4,7H,2-3,5-6H2,1H3;1-2H3;. The summed E-state index contributed by atoms with van der Waals surface area (Å²) in [5, 5.41) is 0. The number of hydrogen-bond donors (Lipinski definition) is 0. The van der Waals surface area contributed by atoms with Crippen LogP contribution in [0, 0.1) is 0 Å². The third-order valence-corrected chi connectivity index (χ3v) is 8.02. The molecule has 0 amide bonds. The Kier molecular flexibility index (Phi) is 11.4. The number of allylic oxidation sites excluding steroid dienone is 8. The van der Waals surface area contributed by atoms with Crippen LogP contribution in [0.5, 0.6) is 0 Å². The van der Waals surface area contributed by atoms with Crippen LogP contribution < -0.4 is 0 Å². The molecule has 2 rings (SSSR count). The number of rotatable bonds is 8. The Morgan fingerprint density at radius 3 is 1.58 bits per heavy atom. The van der Waals surface area contributed by atoms with Gasteiger partial charge >= 0.3 is 130 Å². The molecule has 0 nitrogen and oxygen atoms in total. The Bertz CT molecular complexity index is 464. The first-order chi connectivity index (χ1) is 11.3. The van der Waals surface area contributed by atoms with Crippen molar-refractivity contribution >= 4 is 28.9 Å². The van der Waals surface area contributed by atoms with Crippen molar-refractivity contribution in [2.75, 3.05) is 0 Å². The summed E-state index contributed by atoms with van der Waals surface area (Å²) in [4.78, 5) is 0. The zero-order valence-electron chi connectivity index (χ0n) is 15.7. The van der Waals surface area contributed by atoms with E-state index in [4.69, 9.17) is 22.2 Å². The molecule has 0 fully saturated rings. The van der Waals surface area contributed by atoms with Gasteiger partial charge in [0.2, 0.25) is 6.69 Å². The summed E-state index contributed by atoms with van der Waals surface area (Å²) >= 11 is 10.4. The second kappa shape index (κ2) is 12.1. The Labute approximate surface area is 171 Å². The Morgan fingerprint density at radius 2 is 1.25 bits per heavy atom. The molecule has 0 spiro atoms. The largest absolute Gasteiger partial charge is 0.245 e. The minimum absolute atomic E-state index is 0.463. The van der Waals surface area contributed by atoms with Crippen molar-refractivity contribution in [1.29, 1.82) is 0 Å². The number of unbranched alkanes of at least 4 members (excludes halogenated alkanes) is 2. The average molecular weight is 463 g/mol. The molecule has 2 aliphatic carbocycles. The smallest absolute Gasteiger partial charge is 0.146 e. The van der Waals surface area contributed by atoms with E-state index in [-0.39, 0.29) is 0 Å². The van der Waals surface area contributed by atoms with Gasteiger partial charge in [-0.1, -0.05) is 0 Å². The van der Waals surface area contributed by atoms with Gasteiger partial charge in [0, 0.05) is 0 Å². The van der Waals surface area contributed by atoms with Crippen LogP contribution in [0.15, 0.2) is 42.0 Å². The molecule has 0 atom stereocenters. The molecule has 0 aromatic rings. The van der Waals surface area contributed by atoms with Crippen LogP contribution in [0.3, 0.4) is 0 Å². The Hall–Kier alpha value is 0.640. The molecular weight excluding hydrogens is 430 g/mol. The molecule has 0 aliphatic heterocycles. The van der Waals surface area contributed by atoms with Crippen LogP contribution in [0.1, 0.15) is 65.2 Å². The van der Waals surface area contributed by atoms with Gasteiger partial charge < -0.3 is 0 Å². The maximum atomic E-state index is 5.43. The molecule has 0 unspecified atom stereocenters. The molecule has 4 heteroatoms. The summed E-state index contributed by atoms with van der Waals surface area (Å²) in [6, 6.07) is 0. The predicted molar refractivity (Wildman–Crippen MR) is 110 cm³/mol. The fraction of sp³-hybridized carbons (Fsp3) is 0.600. The van der Waals surface area contributed by atoms with Crippen LogP contribution in [-0.4, -0.2) is 6.69 Å². The molecule has 0 aromatic carbocycles. The molecule has 2 aliphatic rings. The average Bonchev–Trinajstić information content (AvgIpc) is 3.11. The van der Waals surface area contributed by atoms with E-state index < -0.39 is 29.9 Å². The van der Waals surface area contributed by atoms with Crippen molar-refractivity contribution in [2.45, 2.75) is 78.3 Å². The van der Waals surface area contributed by atoms with Gasteiger partial charge in [0.05, 0.1) is 0 Å². The van der Waals surface area contributed by atoms with Gasteiger partial charge in [-0.25, -0.2) is 0 Å². The van der Waals surface area contributed by atoms with Gasteiger partial charge in [-0.2, -0.15) is 0 Å². The first kappa shape index (κ1) is 22.7. The summed E-state index contributed by atoms with van der Waals surface area (Å²) in [6.07, 6.45) is 20.2. The maximum Gasteiger partial charge on any atom is 0.245 e. The van der Waals surface area contributed by atoms with Gasteiger partial charge in [-0.3, -0.25) is 0 Å². The molecule has 0 radical (unpaired) electrons. The van der Waals surface area contributed by atoms with E-state index in [9.17, 15) is 0 Å². The van der Waals surface area contributed by atoms with Gasteiger partial charge in [-0.15, -0.1) is 22.2 Å². The summed E-state index contributed by atoms with van der Waals surface area (Å²) in [7, 11) is 0. The van der Waals surface area contributed by atoms with Crippen LogP contribution in [0.4, 0.5) is 0 Å². The molecule has 0 heterocycles. The van der Waals surface area contributed by atoms with Crippen LogP contribution in [0.2, 0.25) is 13.1 Å². The van der Waals surface area contributed by atoms with Gasteiger partial charge in [0.25, 0.3) is 0 Å². The van der Waals surface area contributed by atoms with Crippen molar-refractivity contribution in [3.05, 3.63) is 42.0 Å². The van der Waals surface area contributed by atoms with E-state index in [1.165, 1.54) is 51.4 Å². The minimum atomic E-state index is -1.67. The normalized spacial score (nSPS) is 16.8. The van der Waals surface area contributed by atoms with E-state index in [0.717, 1.165) is 0 Å². The quantitative estimate of drug-likeness (QED) is 0.253. The van der Waals surface area contributed by atoms with Crippen LogP contribution in [-0.2, 0) is 23.2 Å². The van der Waals surface area contributed by atoms with Crippen molar-refractivity contribution < 1.29 is 23.2 Å². The zero-order valence-corrected chi connectivity index (χ0v) is 20.7. The molecule has 24 heavy (non-hydrogen) atoms. The molecule has 0 bridgehead atoms. The Morgan fingerprint density at radius 1 is 0.875 bits per heavy atom. The summed E-state index contributed by atoms with van der Waals surface area (Å²) < 4.78 is 3.73. The second-order valence-corrected chi connectivity index (χ2v) is 19.4. The second-order valence-electron chi connectivity index (χ2n) is 6.88. The van der Waals surface area contributed by atoms with E-state index in [1.807, 2.05) is 19.7 Å². The summed E-state index contributed by atoms with van der Waals surface area (Å²) in [5.41, 5.74) is 3.42. The SMILES string of the molecule is CCCCC1=[C]([Zr][C]2=C(CCCC)C=CC2)CC=C1.C[Si](C)(Cl)Cl. The monoisotopic (exact) mass is 460 g/mol. The van der Waals surface area contributed by atoms with E-state index in [0.29, 0.717) is 0 Å². The third-order valence-electron chi connectivity index (χ3n) is 3.96. The number of halogens is 2. The molecule has 0 saturated heterocycles. The molecule has 0 aromatic heterocycles. The molecule has 0 saturated carbocycles. The van der Waals surface area contributed by atoms with Crippen molar-refractivity contribution in [2.24, 2.45) is 0 Å².